The third-order valence-electron chi connectivity index (χ3n) is 3.09. The standard InChI is InChI=1S/C12H16F3N3O2/c13-12(14,15)4-1-11(19)17-9-7-16-18(8-9)10-2-5-20-6-3-10/h7-8,10H,1-6H2,(H,17,19). The lowest BCUT2D eigenvalue weighted by atomic mass is 10.1. The number of ether oxygens (including phenoxy) is 1. The molecule has 112 valence electrons. The molecule has 0 saturated carbocycles. The van der Waals surface area contributed by atoms with Crippen LogP contribution in [-0.4, -0.2) is 35.1 Å². The predicted octanol–water partition coefficient (Wildman–Crippen LogP) is 2.52. The van der Waals surface area contributed by atoms with E-state index in [9.17, 15) is 18.0 Å². The van der Waals surface area contributed by atoms with E-state index in [0.29, 0.717) is 18.9 Å². The van der Waals surface area contributed by atoms with Crippen LogP contribution in [0.1, 0.15) is 31.7 Å². The molecule has 0 aliphatic carbocycles. The van der Waals surface area contributed by atoms with Gasteiger partial charge in [0.15, 0.2) is 0 Å². The zero-order valence-electron chi connectivity index (χ0n) is 10.8. The van der Waals surface area contributed by atoms with Crippen molar-refractivity contribution in [1.29, 1.82) is 0 Å². The minimum Gasteiger partial charge on any atom is -0.381 e. The first-order valence-electron chi connectivity index (χ1n) is 6.42. The molecule has 0 unspecified atom stereocenters. The van der Waals surface area contributed by atoms with E-state index in [1.165, 1.54) is 6.20 Å². The van der Waals surface area contributed by atoms with E-state index in [4.69, 9.17) is 4.74 Å². The molecule has 2 rings (SSSR count). The van der Waals surface area contributed by atoms with Crippen molar-refractivity contribution in [3.63, 3.8) is 0 Å². The molecular weight excluding hydrogens is 275 g/mol. The maximum absolute atomic E-state index is 12.0. The number of amides is 1. The Labute approximate surface area is 114 Å². The Bertz CT molecular complexity index is 453. The normalized spacial score (nSPS) is 17.1. The molecule has 0 aromatic carbocycles. The molecule has 2 heterocycles. The topological polar surface area (TPSA) is 56.2 Å². The lowest BCUT2D eigenvalue weighted by Gasteiger charge is -2.22. The summed E-state index contributed by atoms with van der Waals surface area (Å²) in [7, 11) is 0. The van der Waals surface area contributed by atoms with E-state index in [2.05, 4.69) is 10.4 Å². The van der Waals surface area contributed by atoms with Gasteiger partial charge in [0.1, 0.15) is 0 Å². The van der Waals surface area contributed by atoms with Crippen LogP contribution in [0.4, 0.5) is 18.9 Å². The Kier molecular flexibility index (Phi) is 4.64. The van der Waals surface area contributed by atoms with Crippen molar-refractivity contribution >= 4 is 11.6 Å². The molecule has 1 aliphatic rings. The number of hydrogen-bond donors (Lipinski definition) is 1. The Hall–Kier alpha value is -1.57. The third-order valence-corrected chi connectivity index (χ3v) is 3.09. The van der Waals surface area contributed by atoms with Gasteiger partial charge in [-0.15, -0.1) is 0 Å². The average molecular weight is 291 g/mol. The highest BCUT2D eigenvalue weighted by Crippen LogP contribution is 2.23. The SMILES string of the molecule is O=C(CCC(F)(F)F)Nc1cnn(C2CCOCC2)c1. The third kappa shape index (κ3) is 4.52. The molecule has 8 heteroatoms. The van der Waals surface area contributed by atoms with Crippen molar-refractivity contribution in [3.05, 3.63) is 12.4 Å². The van der Waals surface area contributed by atoms with Gasteiger partial charge < -0.3 is 10.1 Å². The molecule has 0 radical (unpaired) electrons. The van der Waals surface area contributed by atoms with Crippen LogP contribution >= 0.6 is 0 Å². The van der Waals surface area contributed by atoms with Crippen LogP contribution in [0.25, 0.3) is 0 Å². The summed E-state index contributed by atoms with van der Waals surface area (Å²) in [5.41, 5.74) is 0.420. The second-order valence-corrected chi connectivity index (χ2v) is 4.72. The summed E-state index contributed by atoms with van der Waals surface area (Å²) in [6.07, 6.45) is -1.25. The first kappa shape index (κ1) is 14.8. The highest BCUT2D eigenvalue weighted by Gasteiger charge is 2.28. The van der Waals surface area contributed by atoms with Crippen LogP contribution < -0.4 is 5.32 Å². The number of nitrogens with one attached hydrogen (secondary N) is 1. The van der Waals surface area contributed by atoms with Gasteiger partial charge >= 0.3 is 6.18 Å². The van der Waals surface area contributed by atoms with E-state index in [0.717, 1.165) is 12.8 Å². The van der Waals surface area contributed by atoms with E-state index in [-0.39, 0.29) is 6.04 Å². The molecule has 20 heavy (non-hydrogen) atoms. The molecule has 1 saturated heterocycles. The molecule has 1 aromatic heterocycles. The zero-order valence-corrected chi connectivity index (χ0v) is 10.8. The van der Waals surface area contributed by atoms with Crippen LogP contribution in [-0.2, 0) is 9.53 Å². The quantitative estimate of drug-likeness (QED) is 0.927. The van der Waals surface area contributed by atoms with Gasteiger partial charge in [0, 0.05) is 25.8 Å². The Morgan fingerprint density at radius 2 is 2.15 bits per heavy atom. The fourth-order valence-corrected chi connectivity index (χ4v) is 2.03. The first-order chi connectivity index (χ1) is 9.44. The van der Waals surface area contributed by atoms with E-state index >= 15 is 0 Å². The molecule has 0 spiro atoms. The second kappa shape index (κ2) is 6.25. The Morgan fingerprint density at radius 1 is 1.45 bits per heavy atom. The minimum atomic E-state index is -4.32. The molecule has 5 nitrogen and oxygen atoms in total. The molecule has 1 aromatic rings. The average Bonchev–Trinajstić information content (AvgIpc) is 2.85. The van der Waals surface area contributed by atoms with Gasteiger partial charge in [0.05, 0.1) is 24.3 Å². The van der Waals surface area contributed by atoms with Crippen molar-refractivity contribution in [2.75, 3.05) is 18.5 Å². The number of anilines is 1. The number of aromatic nitrogens is 2. The highest BCUT2D eigenvalue weighted by molar-refractivity contribution is 5.90. The van der Waals surface area contributed by atoms with E-state index < -0.39 is 24.9 Å². The van der Waals surface area contributed by atoms with E-state index in [1.54, 1.807) is 10.9 Å². The molecule has 1 N–H and O–H groups in total. The summed E-state index contributed by atoms with van der Waals surface area (Å²) in [5.74, 6) is -0.658. The van der Waals surface area contributed by atoms with Crippen molar-refractivity contribution in [3.8, 4) is 0 Å². The van der Waals surface area contributed by atoms with Crippen LogP contribution in [0, 0.1) is 0 Å². The zero-order chi connectivity index (χ0) is 14.6. The Morgan fingerprint density at radius 3 is 2.80 bits per heavy atom. The number of carbonyl (C=O) groups excluding carboxylic acids is 1. The number of hydrogen-bond acceptors (Lipinski definition) is 3. The molecule has 1 aliphatic heterocycles. The van der Waals surface area contributed by atoms with Gasteiger partial charge in [-0.3, -0.25) is 9.48 Å². The highest BCUT2D eigenvalue weighted by atomic mass is 19.4. The lowest BCUT2D eigenvalue weighted by molar-refractivity contribution is -0.142. The smallest absolute Gasteiger partial charge is 0.381 e. The molecule has 1 amide bonds. The lowest BCUT2D eigenvalue weighted by Crippen LogP contribution is -2.20. The number of carbonyl (C=O) groups is 1. The van der Waals surface area contributed by atoms with Crippen molar-refractivity contribution in [1.82, 2.24) is 9.78 Å². The van der Waals surface area contributed by atoms with Gasteiger partial charge in [-0.05, 0) is 12.8 Å². The molecular formula is C12H16F3N3O2. The number of nitrogens with zero attached hydrogens (tertiary/aromatic N) is 2. The summed E-state index contributed by atoms with van der Waals surface area (Å²) >= 11 is 0. The van der Waals surface area contributed by atoms with Gasteiger partial charge in [-0.25, -0.2) is 0 Å². The minimum absolute atomic E-state index is 0.213. The van der Waals surface area contributed by atoms with Crippen LogP contribution in [0.5, 0.6) is 0 Å². The molecule has 0 bridgehead atoms. The number of alkyl halides is 3. The molecule has 0 atom stereocenters. The summed E-state index contributed by atoms with van der Waals surface area (Å²) < 4.78 is 42.9. The number of halogens is 3. The summed E-state index contributed by atoms with van der Waals surface area (Å²) in [4.78, 5) is 11.4. The predicted molar refractivity (Wildman–Crippen MR) is 65.2 cm³/mol. The maximum Gasteiger partial charge on any atom is 0.389 e. The van der Waals surface area contributed by atoms with Crippen molar-refractivity contribution < 1.29 is 22.7 Å². The van der Waals surface area contributed by atoms with E-state index in [1.807, 2.05) is 0 Å². The fraction of sp³-hybridized carbons (Fsp3) is 0.667. The summed E-state index contributed by atoms with van der Waals surface area (Å²) in [5, 5.41) is 6.55. The molecule has 1 fully saturated rings. The van der Waals surface area contributed by atoms with Crippen LogP contribution in [0.2, 0.25) is 0 Å². The largest absolute Gasteiger partial charge is 0.389 e. The van der Waals surface area contributed by atoms with Gasteiger partial charge in [0.2, 0.25) is 5.91 Å². The van der Waals surface area contributed by atoms with Crippen molar-refractivity contribution in [2.45, 2.75) is 37.9 Å². The van der Waals surface area contributed by atoms with Gasteiger partial charge in [-0.2, -0.15) is 18.3 Å². The summed E-state index contributed by atoms with van der Waals surface area (Å²) in [6, 6.07) is 0.213. The van der Waals surface area contributed by atoms with Gasteiger partial charge in [-0.1, -0.05) is 0 Å². The van der Waals surface area contributed by atoms with Gasteiger partial charge in [0.25, 0.3) is 0 Å². The monoisotopic (exact) mass is 291 g/mol. The fourth-order valence-electron chi connectivity index (χ4n) is 2.03. The Balaban J connectivity index is 1.84. The van der Waals surface area contributed by atoms with Crippen LogP contribution in [0.15, 0.2) is 12.4 Å². The summed E-state index contributed by atoms with van der Waals surface area (Å²) in [6.45, 7) is 1.33. The first-order valence-corrected chi connectivity index (χ1v) is 6.42. The number of rotatable bonds is 4. The second-order valence-electron chi connectivity index (χ2n) is 4.72. The van der Waals surface area contributed by atoms with Crippen molar-refractivity contribution in [2.24, 2.45) is 0 Å². The van der Waals surface area contributed by atoms with Crippen LogP contribution in [0.3, 0.4) is 0 Å². The maximum atomic E-state index is 12.0.